The van der Waals surface area contributed by atoms with Gasteiger partial charge in [0.15, 0.2) is 5.92 Å². The molecule has 1 aromatic rings. The fourth-order valence-electron chi connectivity index (χ4n) is 2.10. The average molecular weight is 367 g/mol. The number of hydrogen-bond donors (Lipinski definition) is 3. The van der Waals surface area contributed by atoms with E-state index in [4.69, 9.17) is 15.2 Å². The van der Waals surface area contributed by atoms with E-state index in [0.717, 1.165) is 0 Å². The van der Waals surface area contributed by atoms with Gasteiger partial charge in [-0.15, -0.1) is 0 Å². The van der Waals surface area contributed by atoms with Crippen molar-refractivity contribution in [3.05, 3.63) is 35.9 Å². The number of hydrogen-bond acceptors (Lipinski definition) is 6. The summed E-state index contributed by atoms with van der Waals surface area (Å²) in [4.78, 5) is 34.9. The van der Waals surface area contributed by atoms with Crippen LogP contribution in [0.3, 0.4) is 0 Å². The summed E-state index contributed by atoms with van der Waals surface area (Å²) < 4.78 is 10.4. The van der Waals surface area contributed by atoms with Crippen molar-refractivity contribution in [2.45, 2.75) is 51.5 Å². The van der Waals surface area contributed by atoms with Crippen molar-refractivity contribution < 1.29 is 34.1 Å². The molecule has 0 aromatic heterocycles. The summed E-state index contributed by atoms with van der Waals surface area (Å²) in [5, 5.41) is 18.6. The Hall–Kier alpha value is -2.45. The third-order valence-electron chi connectivity index (χ3n) is 3.50. The van der Waals surface area contributed by atoms with Gasteiger partial charge in [0.2, 0.25) is 5.72 Å². The summed E-state index contributed by atoms with van der Waals surface area (Å²) in [5.41, 5.74) is 3.53. The van der Waals surface area contributed by atoms with Crippen molar-refractivity contribution in [3.8, 4) is 0 Å². The molecule has 0 radical (unpaired) electrons. The van der Waals surface area contributed by atoms with E-state index in [-0.39, 0.29) is 19.4 Å². The molecule has 0 spiro atoms. The minimum Gasteiger partial charge on any atom is -0.481 e. The van der Waals surface area contributed by atoms with Crippen molar-refractivity contribution in [2.75, 3.05) is 0 Å². The van der Waals surface area contributed by atoms with Gasteiger partial charge in [0.25, 0.3) is 0 Å². The van der Waals surface area contributed by atoms with Gasteiger partial charge in [0.05, 0.1) is 6.61 Å². The average Bonchev–Trinajstić information content (AvgIpc) is 2.52. The van der Waals surface area contributed by atoms with Crippen LogP contribution in [0.2, 0.25) is 0 Å². The van der Waals surface area contributed by atoms with Crippen LogP contribution in [-0.4, -0.2) is 39.4 Å². The maximum atomic E-state index is 12.0. The number of esters is 1. The van der Waals surface area contributed by atoms with E-state index in [1.807, 2.05) is 0 Å². The van der Waals surface area contributed by atoms with Gasteiger partial charge in [0, 0.05) is 6.42 Å². The first-order valence-corrected chi connectivity index (χ1v) is 8.10. The maximum Gasteiger partial charge on any atom is 0.351 e. The lowest BCUT2D eigenvalue weighted by molar-refractivity contribution is -0.174. The van der Waals surface area contributed by atoms with E-state index in [2.05, 4.69) is 0 Å². The number of rotatable bonds is 9. The molecule has 0 saturated heterocycles. The number of nitrogens with two attached hydrogens (primary N) is 1. The van der Waals surface area contributed by atoms with Gasteiger partial charge < -0.3 is 19.7 Å². The molecule has 0 aliphatic heterocycles. The third-order valence-corrected chi connectivity index (χ3v) is 3.50. The highest BCUT2D eigenvalue weighted by atomic mass is 16.6. The lowest BCUT2D eigenvalue weighted by Gasteiger charge is -2.27. The molecule has 8 heteroatoms. The first-order valence-electron chi connectivity index (χ1n) is 8.10. The van der Waals surface area contributed by atoms with Gasteiger partial charge >= 0.3 is 17.9 Å². The smallest absolute Gasteiger partial charge is 0.351 e. The second kappa shape index (κ2) is 8.77. The van der Waals surface area contributed by atoms with Gasteiger partial charge in [-0.3, -0.25) is 15.3 Å². The minimum absolute atomic E-state index is 0.0617. The van der Waals surface area contributed by atoms with E-state index >= 15 is 0 Å². The molecule has 2 unspecified atom stereocenters. The van der Waals surface area contributed by atoms with Crippen molar-refractivity contribution in [1.82, 2.24) is 0 Å². The molecule has 0 heterocycles. The molecular weight excluding hydrogens is 342 g/mol. The Bertz CT molecular complexity index is 639. The number of aliphatic carboxylic acids is 2. The standard InChI is InChI=1S/C18H25NO7/c1-17(2,3)26-15(22)13(14(20)21)9-10-18(19,16(23)24)25-11-12-7-5-4-6-8-12/h4-8,13H,9-11,19H2,1-3H3,(H,20,21)(H,23,24). The highest BCUT2D eigenvalue weighted by Gasteiger charge is 2.39. The van der Waals surface area contributed by atoms with Gasteiger partial charge in [-0.05, 0) is 32.8 Å². The van der Waals surface area contributed by atoms with E-state index < -0.39 is 35.2 Å². The Kier molecular flexibility index (Phi) is 7.29. The molecule has 8 nitrogen and oxygen atoms in total. The van der Waals surface area contributed by atoms with Crippen LogP contribution >= 0.6 is 0 Å². The molecule has 0 aliphatic rings. The zero-order chi connectivity index (χ0) is 20.0. The Morgan fingerprint density at radius 3 is 2.15 bits per heavy atom. The minimum atomic E-state index is -2.12. The quantitative estimate of drug-likeness (QED) is 0.341. The lowest BCUT2D eigenvalue weighted by atomic mass is 9.97. The van der Waals surface area contributed by atoms with Crippen LogP contribution in [0.5, 0.6) is 0 Å². The van der Waals surface area contributed by atoms with Crippen molar-refractivity contribution in [1.29, 1.82) is 0 Å². The summed E-state index contributed by atoms with van der Waals surface area (Å²) >= 11 is 0. The molecule has 2 atom stereocenters. The summed E-state index contributed by atoms with van der Waals surface area (Å²) in [7, 11) is 0. The molecule has 0 fully saturated rings. The molecule has 1 rings (SSSR count). The van der Waals surface area contributed by atoms with Gasteiger partial charge in [-0.2, -0.15) is 0 Å². The number of carbonyl (C=O) groups excluding carboxylic acids is 1. The molecule has 0 amide bonds. The van der Waals surface area contributed by atoms with Gasteiger partial charge in [0.1, 0.15) is 5.60 Å². The highest BCUT2D eigenvalue weighted by Crippen LogP contribution is 2.22. The Morgan fingerprint density at radius 2 is 1.69 bits per heavy atom. The van der Waals surface area contributed by atoms with Crippen LogP contribution in [0.4, 0.5) is 0 Å². The largest absolute Gasteiger partial charge is 0.481 e. The van der Waals surface area contributed by atoms with Crippen molar-refractivity contribution in [2.24, 2.45) is 11.7 Å². The van der Waals surface area contributed by atoms with Crippen LogP contribution in [-0.2, 0) is 30.5 Å². The van der Waals surface area contributed by atoms with Crippen LogP contribution in [0.1, 0.15) is 39.2 Å². The van der Waals surface area contributed by atoms with Crippen molar-refractivity contribution in [3.63, 3.8) is 0 Å². The van der Waals surface area contributed by atoms with Crippen LogP contribution in [0.15, 0.2) is 30.3 Å². The Morgan fingerprint density at radius 1 is 1.12 bits per heavy atom. The van der Waals surface area contributed by atoms with Gasteiger partial charge in [-0.25, -0.2) is 4.79 Å². The second-order valence-electron chi connectivity index (χ2n) is 6.93. The van der Waals surface area contributed by atoms with E-state index in [1.54, 1.807) is 51.1 Å². The number of carboxylic acids is 2. The van der Waals surface area contributed by atoms with E-state index in [1.165, 1.54) is 0 Å². The second-order valence-corrected chi connectivity index (χ2v) is 6.93. The van der Waals surface area contributed by atoms with Crippen LogP contribution < -0.4 is 5.73 Å². The van der Waals surface area contributed by atoms with Gasteiger partial charge in [-0.1, -0.05) is 30.3 Å². The molecule has 1 aromatic carbocycles. The fourth-order valence-corrected chi connectivity index (χ4v) is 2.10. The monoisotopic (exact) mass is 367 g/mol. The van der Waals surface area contributed by atoms with Crippen LogP contribution in [0, 0.1) is 5.92 Å². The molecule has 144 valence electrons. The Labute approximate surface area is 151 Å². The summed E-state index contributed by atoms with van der Waals surface area (Å²) in [6.45, 7) is 4.76. The summed E-state index contributed by atoms with van der Waals surface area (Å²) in [5.74, 6) is -5.32. The normalized spacial score (nSPS) is 14.9. The van der Waals surface area contributed by atoms with Crippen LogP contribution in [0.25, 0.3) is 0 Å². The van der Waals surface area contributed by atoms with Crippen molar-refractivity contribution >= 4 is 17.9 Å². The lowest BCUT2D eigenvalue weighted by Crippen LogP contribution is -2.51. The summed E-state index contributed by atoms with van der Waals surface area (Å²) in [6, 6.07) is 8.81. The molecule has 4 N–H and O–H groups in total. The fraction of sp³-hybridized carbons (Fsp3) is 0.500. The number of ether oxygens (including phenoxy) is 2. The van der Waals surface area contributed by atoms with E-state index in [9.17, 15) is 24.6 Å². The summed E-state index contributed by atoms with van der Waals surface area (Å²) in [6.07, 6.45) is -0.701. The number of carbonyl (C=O) groups is 3. The molecule has 0 saturated carbocycles. The van der Waals surface area contributed by atoms with E-state index in [0.29, 0.717) is 5.56 Å². The SMILES string of the molecule is CC(C)(C)OC(=O)C(CCC(N)(OCc1ccccc1)C(=O)O)C(=O)O. The predicted octanol–water partition coefficient (Wildman–Crippen LogP) is 1.77. The first-order chi connectivity index (χ1) is 11.9. The molecule has 0 aliphatic carbocycles. The number of benzene rings is 1. The first kappa shape index (κ1) is 21.6. The third kappa shape index (κ3) is 6.81. The molecule has 26 heavy (non-hydrogen) atoms. The highest BCUT2D eigenvalue weighted by molar-refractivity contribution is 5.94. The Balaban J connectivity index is 2.79. The maximum absolute atomic E-state index is 12.0. The molecule has 0 bridgehead atoms. The predicted molar refractivity (Wildman–Crippen MR) is 92.0 cm³/mol. The molecular formula is C18H25NO7. The zero-order valence-corrected chi connectivity index (χ0v) is 15.1. The number of carboxylic acid groups (broad SMARTS) is 2. The topological polar surface area (TPSA) is 136 Å². The zero-order valence-electron chi connectivity index (χ0n) is 15.1.